The summed E-state index contributed by atoms with van der Waals surface area (Å²) in [6.45, 7) is 12.3. The molecule has 1 atom stereocenters. The molecule has 5 rings (SSSR count). The van der Waals surface area contributed by atoms with Gasteiger partial charge in [-0.1, -0.05) is 41.5 Å². The highest BCUT2D eigenvalue weighted by atomic mass is 28.2. The lowest BCUT2D eigenvalue weighted by atomic mass is 9.79. The summed E-state index contributed by atoms with van der Waals surface area (Å²) in [6, 6.07) is 12.7. The Morgan fingerprint density at radius 3 is 1.39 bits per heavy atom. The van der Waals surface area contributed by atoms with Crippen molar-refractivity contribution in [3.8, 4) is 0 Å². The number of benzene rings is 5. The normalized spacial score (nSPS) is 13.3. The first-order chi connectivity index (χ1) is 21.4. The van der Waals surface area contributed by atoms with Crippen LogP contribution in [0.25, 0.3) is 43.1 Å². The largest absolute Gasteiger partial charge is 0.415 e. The highest BCUT2D eigenvalue weighted by molar-refractivity contribution is 6.50. The number of hydrogen-bond acceptors (Lipinski definition) is 9. The molecule has 0 bridgehead atoms. The summed E-state index contributed by atoms with van der Waals surface area (Å²) < 4.78 is 6.40. The van der Waals surface area contributed by atoms with Crippen molar-refractivity contribution in [1.29, 1.82) is 0 Å². The molecule has 0 N–H and O–H groups in total. The highest BCUT2D eigenvalue weighted by Crippen LogP contribution is 2.40. The van der Waals surface area contributed by atoms with Gasteiger partial charge < -0.3 is 4.43 Å². The Morgan fingerprint density at radius 2 is 1.02 bits per heavy atom. The Labute approximate surface area is 264 Å². The van der Waals surface area contributed by atoms with Gasteiger partial charge in [0, 0.05) is 23.4 Å². The third kappa shape index (κ3) is 6.08. The third-order valence-electron chi connectivity index (χ3n) is 8.14. The zero-order valence-corrected chi connectivity index (χ0v) is 27.6. The molecule has 0 saturated carbocycles. The molecule has 0 radical (unpaired) electrons. The molecule has 0 fully saturated rings. The zero-order chi connectivity index (χ0) is 33.9. The van der Waals surface area contributed by atoms with E-state index >= 15 is 0 Å². The Bertz CT molecular complexity index is 2140. The molecule has 1 unspecified atom stereocenters. The molecule has 46 heavy (non-hydrogen) atoms. The van der Waals surface area contributed by atoms with E-state index in [1.807, 2.05) is 20.8 Å². The van der Waals surface area contributed by atoms with E-state index in [0.717, 1.165) is 12.1 Å². The summed E-state index contributed by atoms with van der Waals surface area (Å²) in [5.41, 5.74) is -1.49. The quantitative estimate of drug-likeness (QED) is 0.0714. The molecule has 0 saturated heterocycles. The first-order valence-corrected chi connectivity index (χ1v) is 15.8. The number of rotatable bonds is 8. The molecule has 0 amide bonds. The number of nitrogens with zero attached hydrogens (tertiary/aromatic N) is 4. The van der Waals surface area contributed by atoms with Crippen LogP contribution in [0.5, 0.6) is 0 Å². The predicted molar refractivity (Wildman–Crippen MR) is 180 cm³/mol. The van der Waals surface area contributed by atoms with E-state index in [1.54, 1.807) is 12.1 Å². The predicted octanol–water partition coefficient (Wildman–Crippen LogP) is 7.51. The lowest BCUT2D eigenvalue weighted by Gasteiger charge is -2.36. The van der Waals surface area contributed by atoms with Gasteiger partial charge in [0.05, 0.1) is 47.3 Å². The second-order valence-corrected chi connectivity index (χ2v) is 15.2. The van der Waals surface area contributed by atoms with Crippen LogP contribution in [0.4, 0.5) is 22.7 Å². The first-order valence-electron chi connectivity index (χ1n) is 14.5. The van der Waals surface area contributed by atoms with Crippen LogP contribution in [0.3, 0.4) is 0 Å². The van der Waals surface area contributed by atoms with Crippen molar-refractivity contribution < 1.29 is 24.1 Å². The smallest absolute Gasteiger partial charge is 0.278 e. The molecule has 0 aliphatic heterocycles. The summed E-state index contributed by atoms with van der Waals surface area (Å²) in [5.74, 6) is 0. The van der Waals surface area contributed by atoms with E-state index in [4.69, 9.17) is 4.43 Å². The number of hydrogen-bond donors (Lipinski definition) is 0. The SMILES string of the molecule is CC(C)(C)CC(O[SiH2]c1cc([N+](=O)[O-])c2cc3cc4cc5c([N+](=O)[O-])ccc([N+](=O)[O-])c5cc4cc3cc2c1[N+](=O)[O-])C(C)(C)C. The molecule has 5 aromatic carbocycles. The van der Waals surface area contributed by atoms with E-state index < -0.39 is 29.5 Å². The lowest BCUT2D eigenvalue weighted by Crippen LogP contribution is -2.37. The Balaban J connectivity index is 1.76. The fourth-order valence-corrected chi connectivity index (χ4v) is 7.64. The fourth-order valence-electron chi connectivity index (χ4n) is 5.91. The second-order valence-electron chi connectivity index (χ2n) is 13.8. The van der Waals surface area contributed by atoms with E-state index in [-0.39, 0.29) is 66.4 Å². The molecular weight excluding hydrogens is 612 g/mol. The maximum Gasteiger partial charge on any atom is 0.278 e. The van der Waals surface area contributed by atoms with Crippen molar-refractivity contribution in [1.82, 2.24) is 0 Å². The average molecular weight is 645 g/mol. The van der Waals surface area contributed by atoms with Crippen LogP contribution in [0.2, 0.25) is 0 Å². The maximum absolute atomic E-state index is 12.6. The summed E-state index contributed by atoms with van der Waals surface area (Å²) in [7, 11) is -1.82. The van der Waals surface area contributed by atoms with Crippen LogP contribution >= 0.6 is 0 Å². The highest BCUT2D eigenvalue weighted by Gasteiger charge is 2.32. The maximum atomic E-state index is 12.6. The number of nitro benzene ring substituents is 4. The van der Waals surface area contributed by atoms with E-state index in [0.29, 0.717) is 28.0 Å². The van der Waals surface area contributed by atoms with Gasteiger partial charge in [-0.05, 0) is 75.2 Å². The molecule has 0 aromatic heterocycles. The van der Waals surface area contributed by atoms with E-state index in [9.17, 15) is 40.5 Å². The average Bonchev–Trinajstić information content (AvgIpc) is 2.93. The zero-order valence-electron chi connectivity index (χ0n) is 26.2. The van der Waals surface area contributed by atoms with Crippen LogP contribution < -0.4 is 5.19 Å². The standard InChI is InChI=1S/C32H32N4O9Si/c1-31(2,3)16-29(32(4,5)6)45-46-28-15-27(35(41)42)23-13-19-9-17-11-21-22(26(34(39)40)8-7-25(21)33(37)38)12-18(17)10-20(19)14-24(23)30(28)36(43)44/h7-15,29H,16,46H2,1-6H3. The van der Waals surface area contributed by atoms with Crippen molar-refractivity contribution in [2.45, 2.75) is 54.1 Å². The second kappa shape index (κ2) is 11.4. The van der Waals surface area contributed by atoms with Gasteiger partial charge in [0.25, 0.3) is 22.7 Å². The number of non-ortho nitro benzene ring substituents is 3. The van der Waals surface area contributed by atoms with E-state index in [1.165, 1.54) is 30.3 Å². The minimum Gasteiger partial charge on any atom is -0.415 e. The van der Waals surface area contributed by atoms with Crippen molar-refractivity contribution in [3.63, 3.8) is 0 Å². The molecule has 5 aromatic rings. The van der Waals surface area contributed by atoms with E-state index in [2.05, 4.69) is 20.8 Å². The molecular formula is C32H32N4O9Si. The lowest BCUT2D eigenvalue weighted by molar-refractivity contribution is -0.386. The van der Waals surface area contributed by atoms with Crippen LogP contribution in [0.1, 0.15) is 48.0 Å². The monoisotopic (exact) mass is 644 g/mol. The molecule has 13 nitrogen and oxygen atoms in total. The first kappa shape index (κ1) is 32.3. The van der Waals surface area contributed by atoms with Crippen LogP contribution in [-0.4, -0.2) is 35.6 Å². The Morgan fingerprint density at radius 1 is 0.609 bits per heavy atom. The van der Waals surface area contributed by atoms with Gasteiger partial charge in [-0.3, -0.25) is 40.5 Å². The van der Waals surface area contributed by atoms with Gasteiger partial charge in [-0.25, -0.2) is 0 Å². The Kier molecular flexibility index (Phi) is 7.99. The summed E-state index contributed by atoms with van der Waals surface area (Å²) in [4.78, 5) is 46.0. The van der Waals surface area contributed by atoms with Crippen LogP contribution in [0, 0.1) is 51.3 Å². The number of fused-ring (bicyclic) bond motifs is 4. The van der Waals surface area contributed by atoms with Crippen LogP contribution in [0.15, 0.2) is 54.6 Å². The molecule has 0 aliphatic carbocycles. The molecule has 14 heteroatoms. The Hall–Kier alpha value is -5.08. The van der Waals surface area contributed by atoms with Gasteiger partial charge in [0.2, 0.25) is 9.76 Å². The summed E-state index contributed by atoms with van der Waals surface area (Å²) >= 11 is 0. The third-order valence-corrected chi connectivity index (χ3v) is 9.56. The molecule has 0 aliphatic rings. The van der Waals surface area contributed by atoms with Gasteiger partial charge in [-0.15, -0.1) is 0 Å². The van der Waals surface area contributed by atoms with Gasteiger partial charge >= 0.3 is 0 Å². The van der Waals surface area contributed by atoms with Crippen molar-refractivity contribution in [3.05, 3.63) is 95.1 Å². The fraction of sp³-hybridized carbons (Fsp3) is 0.312. The molecule has 238 valence electrons. The van der Waals surface area contributed by atoms with Gasteiger partial charge in [-0.2, -0.15) is 0 Å². The molecule has 0 heterocycles. The van der Waals surface area contributed by atoms with Crippen molar-refractivity contribution in [2.24, 2.45) is 10.8 Å². The summed E-state index contributed by atoms with van der Waals surface area (Å²) in [5, 5.41) is 50.8. The minimum atomic E-state index is -1.82. The van der Waals surface area contributed by atoms with Crippen LogP contribution in [-0.2, 0) is 4.43 Å². The van der Waals surface area contributed by atoms with Gasteiger partial charge in [0.15, 0.2) is 0 Å². The number of nitro groups is 4. The van der Waals surface area contributed by atoms with Gasteiger partial charge in [0.1, 0.15) is 0 Å². The minimum absolute atomic E-state index is 0.0718. The summed E-state index contributed by atoms with van der Waals surface area (Å²) in [6.07, 6.45) is 0.465. The van der Waals surface area contributed by atoms with Crippen molar-refractivity contribution in [2.75, 3.05) is 0 Å². The topological polar surface area (TPSA) is 182 Å². The molecule has 0 spiro atoms. The van der Waals surface area contributed by atoms with Crippen molar-refractivity contribution >= 4 is 80.8 Å².